The molecule has 0 atom stereocenters. The van der Waals surface area contributed by atoms with Crippen LogP contribution in [-0.2, 0) is 15.8 Å². The van der Waals surface area contributed by atoms with Crippen molar-refractivity contribution in [2.45, 2.75) is 44.4 Å². The van der Waals surface area contributed by atoms with E-state index < -0.39 is 10.0 Å². The van der Waals surface area contributed by atoms with E-state index in [1.54, 1.807) is 28.6 Å². The van der Waals surface area contributed by atoms with Crippen LogP contribution in [0.3, 0.4) is 0 Å². The van der Waals surface area contributed by atoms with Gasteiger partial charge >= 0.3 is 0 Å². The van der Waals surface area contributed by atoms with Gasteiger partial charge in [0.1, 0.15) is 0 Å². The largest absolute Gasteiger partial charge is 0.218 e. The fourth-order valence-electron chi connectivity index (χ4n) is 2.91. The molecule has 4 nitrogen and oxygen atoms in total. The second-order valence-electron chi connectivity index (χ2n) is 5.17. The molecular formula is C15H20N2O2S. The first-order valence-electron chi connectivity index (χ1n) is 7.06. The highest BCUT2D eigenvalue weighted by Gasteiger charge is 2.31. The van der Waals surface area contributed by atoms with Gasteiger partial charge < -0.3 is 0 Å². The molecule has 0 amide bonds. The van der Waals surface area contributed by atoms with E-state index in [0.29, 0.717) is 17.7 Å². The monoisotopic (exact) mass is 292 g/mol. The molecule has 20 heavy (non-hydrogen) atoms. The van der Waals surface area contributed by atoms with E-state index in [4.69, 9.17) is 5.26 Å². The van der Waals surface area contributed by atoms with E-state index in [0.717, 1.165) is 25.7 Å². The van der Waals surface area contributed by atoms with Crippen molar-refractivity contribution in [3.05, 3.63) is 35.4 Å². The van der Waals surface area contributed by atoms with Crippen LogP contribution in [0.2, 0.25) is 0 Å². The Bertz CT molecular complexity index is 599. The van der Waals surface area contributed by atoms with Crippen molar-refractivity contribution < 1.29 is 8.42 Å². The van der Waals surface area contributed by atoms with Gasteiger partial charge in [-0.05, 0) is 24.5 Å². The minimum Gasteiger partial charge on any atom is -0.212 e. The summed E-state index contributed by atoms with van der Waals surface area (Å²) >= 11 is 0. The number of benzene rings is 1. The molecule has 0 spiro atoms. The van der Waals surface area contributed by atoms with E-state index in [1.807, 2.05) is 6.92 Å². The van der Waals surface area contributed by atoms with Gasteiger partial charge in [-0.2, -0.15) is 9.57 Å². The fourth-order valence-corrected chi connectivity index (χ4v) is 4.78. The van der Waals surface area contributed by atoms with Gasteiger partial charge in [0.05, 0.1) is 17.4 Å². The molecule has 0 radical (unpaired) electrons. The van der Waals surface area contributed by atoms with E-state index in [1.165, 1.54) is 0 Å². The SMILES string of the molecule is CCN(C1CCCC1)S(=O)(=O)Cc1ccccc1C#N. The topological polar surface area (TPSA) is 61.2 Å². The third kappa shape index (κ3) is 3.20. The Hall–Kier alpha value is -1.38. The number of hydrogen-bond acceptors (Lipinski definition) is 3. The standard InChI is InChI=1S/C15H20N2O2S/c1-2-17(15-9-5-6-10-15)20(18,19)12-14-8-4-3-7-13(14)11-16/h3-4,7-8,15H,2,5-6,9-10,12H2,1H3. The van der Waals surface area contributed by atoms with E-state index >= 15 is 0 Å². The molecule has 1 aliphatic rings. The van der Waals surface area contributed by atoms with Gasteiger partial charge in [-0.1, -0.05) is 38.0 Å². The lowest BCUT2D eigenvalue weighted by Crippen LogP contribution is -2.39. The van der Waals surface area contributed by atoms with Gasteiger partial charge in [0.25, 0.3) is 0 Å². The minimum atomic E-state index is -3.36. The van der Waals surface area contributed by atoms with Crippen LogP contribution in [0.5, 0.6) is 0 Å². The smallest absolute Gasteiger partial charge is 0.212 e. The highest BCUT2D eigenvalue weighted by molar-refractivity contribution is 7.88. The molecule has 0 saturated heterocycles. The summed E-state index contributed by atoms with van der Waals surface area (Å²) in [6, 6.07) is 9.11. The normalized spacial score (nSPS) is 16.4. The van der Waals surface area contributed by atoms with Gasteiger partial charge in [0.15, 0.2) is 0 Å². The zero-order valence-corrected chi connectivity index (χ0v) is 12.6. The molecule has 2 rings (SSSR count). The minimum absolute atomic E-state index is 0.0823. The van der Waals surface area contributed by atoms with Crippen molar-refractivity contribution >= 4 is 10.0 Å². The molecule has 1 saturated carbocycles. The Morgan fingerprint density at radius 1 is 1.30 bits per heavy atom. The Balaban J connectivity index is 2.23. The highest BCUT2D eigenvalue weighted by atomic mass is 32.2. The molecular weight excluding hydrogens is 272 g/mol. The molecule has 1 aromatic carbocycles. The van der Waals surface area contributed by atoms with E-state index in [9.17, 15) is 8.42 Å². The first-order valence-corrected chi connectivity index (χ1v) is 8.67. The van der Waals surface area contributed by atoms with Gasteiger partial charge in [-0.3, -0.25) is 0 Å². The van der Waals surface area contributed by atoms with Crippen molar-refractivity contribution in [1.82, 2.24) is 4.31 Å². The highest BCUT2D eigenvalue weighted by Crippen LogP contribution is 2.27. The van der Waals surface area contributed by atoms with Crippen LogP contribution < -0.4 is 0 Å². The number of nitriles is 1. The predicted octanol–water partition coefficient (Wildman–Crippen LogP) is 2.65. The number of hydrogen-bond donors (Lipinski definition) is 0. The van der Waals surface area contributed by atoms with Crippen molar-refractivity contribution in [3.63, 3.8) is 0 Å². The van der Waals surface area contributed by atoms with Crippen molar-refractivity contribution in [2.24, 2.45) is 0 Å². The molecule has 5 heteroatoms. The van der Waals surface area contributed by atoms with Gasteiger partial charge in [-0.15, -0.1) is 0 Å². The maximum atomic E-state index is 12.6. The van der Waals surface area contributed by atoms with Crippen LogP contribution in [0.1, 0.15) is 43.7 Å². The van der Waals surface area contributed by atoms with Crippen LogP contribution in [0.4, 0.5) is 0 Å². The first-order chi connectivity index (χ1) is 9.58. The quantitative estimate of drug-likeness (QED) is 0.838. The summed E-state index contributed by atoms with van der Waals surface area (Å²) in [5.41, 5.74) is 1.03. The second kappa shape index (κ2) is 6.38. The molecule has 1 aromatic rings. The van der Waals surface area contributed by atoms with Crippen LogP contribution in [0, 0.1) is 11.3 Å². The zero-order chi connectivity index (χ0) is 14.6. The average Bonchev–Trinajstić information content (AvgIpc) is 2.93. The molecule has 1 fully saturated rings. The Labute approximate surface area is 121 Å². The molecule has 0 aliphatic heterocycles. The van der Waals surface area contributed by atoms with Crippen molar-refractivity contribution in [1.29, 1.82) is 5.26 Å². The Kier molecular flexibility index (Phi) is 4.79. The summed E-state index contributed by atoms with van der Waals surface area (Å²) in [7, 11) is -3.36. The summed E-state index contributed by atoms with van der Waals surface area (Å²) in [5.74, 6) is -0.0823. The summed E-state index contributed by atoms with van der Waals surface area (Å²) in [6.45, 7) is 2.38. The maximum absolute atomic E-state index is 12.6. The van der Waals surface area contributed by atoms with Crippen LogP contribution in [0.15, 0.2) is 24.3 Å². The summed E-state index contributed by atoms with van der Waals surface area (Å²) in [6.07, 6.45) is 4.11. The van der Waals surface area contributed by atoms with Crippen molar-refractivity contribution in [2.75, 3.05) is 6.54 Å². The summed E-state index contributed by atoms with van der Waals surface area (Å²) in [5, 5.41) is 9.06. The Morgan fingerprint density at radius 3 is 2.55 bits per heavy atom. The third-order valence-corrected chi connectivity index (χ3v) is 5.82. The lowest BCUT2D eigenvalue weighted by molar-refractivity contribution is 0.335. The summed E-state index contributed by atoms with van der Waals surface area (Å²) < 4.78 is 26.8. The fraction of sp³-hybridized carbons (Fsp3) is 0.533. The predicted molar refractivity (Wildman–Crippen MR) is 78.4 cm³/mol. The molecule has 108 valence electrons. The second-order valence-corrected chi connectivity index (χ2v) is 7.09. The van der Waals surface area contributed by atoms with Gasteiger partial charge in [-0.25, -0.2) is 8.42 Å². The maximum Gasteiger partial charge on any atom is 0.218 e. The van der Waals surface area contributed by atoms with Crippen LogP contribution >= 0.6 is 0 Å². The zero-order valence-electron chi connectivity index (χ0n) is 11.7. The Morgan fingerprint density at radius 2 is 1.95 bits per heavy atom. The lowest BCUT2D eigenvalue weighted by atomic mass is 10.1. The molecule has 0 aromatic heterocycles. The first kappa shape index (κ1) is 15.0. The van der Waals surface area contributed by atoms with Crippen LogP contribution in [-0.4, -0.2) is 25.3 Å². The van der Waals surface area contributed by atoms with E-state index in [2.05, 4.69) is 6.07 Å². The van der Waals surface area contributed by atoms with Gasteiger partial charge in [0.2, 0.25) is 10.0 Å². The van der Waals surface area contributed by atoms with E-state index in [-0.39, 0.29) is 11.8 Å². The summed E-state index contributed by atoms with van der Waals surface area (Å²) in [4.78, 5) is 0. The number of nitrogens with zero attached hydrogens (tertiary/aromatic N) is 2. The van der Waals surface area contributed by atoms with Gasteiger partial charge in [0, 0.05) is 12.6 Å². The number of rotatable bonds is 5. The lowest BCUT2D eigenvalue weighted by Gasteiger charge is -2.26. The molecule has 0 bridgehead atoms. The molecule has 0 unspecified atom stereocenters. The third-order valence-electron chi connectivity index (χ3n) is 3.88. The average molecular weight is 292 g/mol. The molecule has 1 aliphatic carbocycles. The van der Waals surface area contributed by atoms with Crippen LogP contribution in [0.25, 0.3) is 0 Å². The molecule has 0 heterocycles. The molecule has 0 N–H and O–H groups in total. The number of sulfonamides is 1. The van der Waals surface area contributed by atoms with Crippen molar-refractivity contribution in [3.8, 4) is 6.07 Å².